The van der Waals surface area contributed by atoms with Crippen molar-refractivity contribution in [3.8, 4) is 17.2 Å². The lowest BCUT2D eigenvalue weighted by Gasteiger charge is -2.14. The van der Waals surface area contributed by atoms with Gasteiger partial charge in [0.15, 0.2) is 11.5 Å². The summed E-state index contributed by atoms with van der Waals surface area (Å²) in [7, 11) is 4.80. The van der Waals surface area contributed by atoms with Crippen LogP contribution in [0.2, 0.25) is 0 Å². The number of benzene rings is 2. The zero-order valence-corrected chi connectivity index (χ0v) is 14.2. The van der Waals surface area contributed by atoms with E-state index in [0.717, 1.165) is 16.9 Å². The smallest absolute Gasteiger partial charge is 0.164 e. The Balaban J connectivity index is 0.00000264. The van der Waals surface area contributed by atoms with Crippen LogP contribution in [0, 0.1) is 5.82 Å². The van der Waals surface area contributed by atoms with E-state index in [0.29, 0.717) is 24.6 Å². The molecule has 1 N–H and O–H groups in total. The Bertz CT molecular complexity index is 620. The van der Waals surface area contributed by atoms with Gasteiger partial charge in [-0.25, -0.2) is 4.39 Å². The van der Waals surface area contributed by atoms with Crippen molar-refractivity contribution in [3.63, 3.8) is 0 Å². The van der Waals surface area contributed by atoms with Crippen molar-refractivity contribution in [3.05, 3.63) is 53.3 Å². The molecule has 0 radical (unpaired) electrons. The van der Waals surface area contributed by atoms with Crippen LogP contribution in [-0.4, -0.2) is 21.3 Å². The molecule has 2 aromatic rings. The van der Waals surface area contributed by atoms with E-state index in [1.807, 2.05) is 6.07 Å². The zero-order chi connectivity index (χ0) is 15.9. The predicted octanol–water partition coefficient (Wildman–Crippen LogP) is 3.56. The monoisotopic (exact) mass is 341 g/mol. The van der Waals surface area contributed by atoms with Gasteiger partial charge in [0, 0.05) is 24.7 Å². The van der Waals surface area contributed by atoms with Gasteiger partial charge in [0.05, 0.1) is 21.3 Å². The standard InChI is InChI=1S/C17H20FNO3.ClH/c1-20-15-9-17(22-3)16(21-2)8-13(15)11-19-10-12-4-6-14(18)7-5-12;/h4-9,19H,10-11H2,1-3H3;1H. The minimum Gasteiger partial charge on any atom is -0.496 e. The van der Waals surface area contributed by atoms with Crippen LogP contribution in [0.1, 0.15) is 11.1 Å². The van der Waals surface area contributed by atoms with E-state index in [1.165, 1.54) is 12.1 Å². The number of methoxy groups -OCH3 is 3. The molecule has 0 saturated carbocycles. The lowest BCUT2D eigenvalue weighted by molar-refractivity contribution is 0.347. The summed E-state index contributed by atoms with van der Waals surface area (Å²) in [6.07, 6.45) is 0. The first-order valence-corrected chi connectivity index (χ1v) is 6.92. The van der Waals surface area contributed by atoms with Gasteiger partial charge in [0.25, 0.3) is 0 Å². The van der Waals surface area contributed by atoms with Crippen LogP contribution < -0.4 is 19.5 Å². The third-order valence-electron chi connectivity index (χ3n) is 3.34. The number of ether oxygens (including phenoxy) is 3. The van der Waals surface area contributed by atoms with Crippen LogP contribution in [0.25, 0.3) is 0 Å². The summed E-state index contributed by atoms with van der Waals surface area (Å²) in [6, 6.07) is 10.1. The molecule has 126 valence electrons. The Morgan fingerprint density at radius 3 is 1.96 bits per heavy atom. The van der Waals surface area contributed by atoms with Crippen molar-refractivity contribution in [1.29, 1.82) is 0 Å². The number of hydrogen-bond acceptors (Lipinski definition) is 4. The van der Waals surface area contributed by atoms with Crippen LogP contribution in [0.5, 0.6) is 17.2 Å². The highest BCUT2D eigenvalue weighted by atomic mass is 35.5. The van der Waals surface area contributed by atoms with Gasteiger partial charge in [-0.2, -0.15) is 0 Å². The van der Waals surface area contributed by atoms with E-state index in [2.05, 4.69) is 5.32 Å². The molecule has 2 rings (SSSR count). The summed E-state index contributed by atoms with van der Waals surface area (Å²) in [6.45, 7) is 1.23. The third-order valence-corrected chi connectivity index (χ3v) is 3.34. The van der Waals surface area contributed by atoms with E-state index in [1.54, 1.807) is 39.5 Å². The summed E-state index contributed by atoms with van der Waals surface area (Å²) in [5, 5.41) is 3.30. The van der Waals surface area contributed by atoms with Crippen molar-refractivity contribution in [1.82, 2.24) is 5.32 Å². The molecule has 0 aromatic heterocycles. The maximum absolute atomic E-state index is 12.9. The summed E-state index contributed by atoms with van der Waals surface area (Å²) in [5.74, 6) is 1.78. The summed E-state index contributed by atoms with van der Waals surface area (Å²) in [5.41, 5.74) is 1.98. The van der Waals surface area contributed by atoms with Gasteiger partial charge in [-0.05, 0) is 23.8 Å². The second-order valence-corrected chi connectivity index (χ2v) is 4.75. The Morgan fingerprint density at radius 2 is 1.39 bits per heavy atom. The summed E-state index contributed by atoms with van der Waals surface area (Å²) in [4.78, 5) is 0. The van der Waals surface area contributed by atoms with E-state index in [4.69, 9.17) is 14.2 Å². The molecule has 0 atom stereocenters. The van der Waals surface area contributed by atoms with Crippen molar-refractivity contribution in [2.75, 3.05) is 21.3 Å². The van der Waals surface area contributed by atoms with Crippen LogP contribution in [-0.2, 0) is 13.1 Å². The molecule has 23 heavy (non-hydrogen) atoms. The first-order chi connectivity index (χ1) is 10.7. The molecule has 4 nitrogen and oxygen atoms in total. The van der Waals surface area contributed by atoms with Crippen LogP contribution in [0.3, 0.4) is 0 Å². The lowest BCUT2D eigenvalue weighted by atomic mass is 10.1. The third kappa shape index (κ3) is 5.01. The minimum absolute atomic E-state index is 0. The number of rotatable bonds is 7. The van der Waals surface area contributed by atoms with Crippen molar-refractivity contribution >= 4 is 12.4 Å². The second kappa shape index (κ2) is 9.22. The van der Waals surface area contributed by atoms with Gasteiger partial charge in [-0.3, -0.25) is 0 Å². The Morgan fingerprint density at radius 1 is 0.826 bits per heavy atom. The Kier molecular flexibility index (Phi) is 7.65. The van der Waals surface area contributed by atoms with Gasteiger partial charge in [0.2, 0.25) is 0 Å². The topological polar surface area (TPSA) is 39.7 Å². The molecule has 0 aliphatic rings. The fourth-order valence-electron chi connectivity index (χ4n) is 2.17. The molecular formula is C17H21ClFNO3. The Hall–Kier alpha value is -1.98. The number of nitrogens with one attached hydrogen (secondary N) is 1. The SMILES string of the molecule is COc1cc(OC)c(OC)cc1CNCc1ccc(F)cc1.Cl. The molecule has 0 bridgehead atoms. The molecule has 0 spiro atoms. The van der Waals surface area contributed by atoms with E-state index < -0.39 is 0 Å². The minimum atomic E-state index is -0.231. The largest absolute Gasteiger partial charge is 0.496 e. The highest BCUT2D eigenvalue weighted by Gasteiger charge is 2.11. The molecule has 0 amide bonds. The van der Waals surface area contributed by atoms with Crippen molar-refractivity contribution in [2.24, 2.45) is 0 Å². The molecule has 0 aliphatic carbocycles. The van der Waals surface area contributed by atoms with Crippen LogP contribution >= 0.6 is 12.4 Å². The van der Waals surface area contributed by atoms with Crippen LogP contribution in [0.4, 0.5) is 4.39 Å². The average molecular weight is 342 g/mol. The van der Waals surface area contributed by atoms with E-state index in [-0.39, 0.29) is 18.2 Å². The zero-order valence-electron chi connectivity index (χ0n) is 13.4. The molecular weight excluding hydrogens is 321 g/mol. The number of halogens is 2. The van der Waals surface area contributed by atoms with Gasteiger partial charge >= 0.3 is 0 Å². The highest BCUT2D eigenvalue weighted by molar-refractivity contribution is 5.85. The quantitative estimate of drug-likeness (QED) is 0.836. The molecule has 0 unspecified atom stereocenters. The average Bonchev–Trinajstić information content (AvgIpc) is 2.56. The van der Waals surface area contributed by atoms with Gasteiger partial charge in [-0.15, -0.1) is 12.4 Å². The van der Waals surface area contributed by atoms with Gasteiger partial charge in [-0.1, -0.05) is 12.1 Å². The molecule has 0 aliphatic heterocycles. The Labute approximate surface area is 142 Å². The predicted molar refractivity (Wildman–Crippen MR) is 90.3 cm³/mol. The van der Waals surface area contributed by atoms with Crippen molar-refractivity contribution < 1.29 is 18.6 Å². The molecule has 0 fully saturated rings. The fraction of sp³-hybridized carbons (Fsp3) is 0.294. The van der Waals surface area contributed by atoms with E-state index in [9.17, 15) is 4.39 Å². The highest BCUT2D eigenvalue weighted by Crippen LogP contribution is 2.34. The lowest BCUT2D eigenvalue weighted by Crippen LogP contribution is -2.13. The van der Waals surface area contributed by atoms with Crippen LogP contribution in [0.15, 0.2) is 36.4 Å². The summed E-state index contributed by atoms with van der Waals surface area (Å²) >= 11 is 0. The molecule has 2 aromatic carbocycles. The molecule has 0 saturated heterocycles. The maximum Gasteiger partial charge on any atom is 0.164 e. The van der Waals surface area contributed by atoms with E-state index >= 15 is 0 Å². The molecule has 6 heteroatoms. The van der Waals surface area contributed by atoms with Crippen molar-refractivity contribution in [2.45, 2.75) is 13.1 Å². The van der Waals surface area contributed by atoms with Gasteiger partial charge in [0.1, 0.15) is 11.6 Å². The normalized spacial score (nSPS) is 9.91. The maximum atomic E-state index is 12.9. The second-order valence-electron chi connectivity index (χ2n) is 4.75. The first kappa shape index (κ1) is 19.1. The number of hydrogen-bond donors (Lipinski definition) is 1. The fourth-order valence-corrected chi connectivity index (χ4v) is 2.17. The van der Waals surface area contributed by atoms with Gasteiger partial charge < -0.3 is 19.5 Å². The first-order valence-electron chi connectivity index (χ1n) is 6.92. The summed E-state index contributed by atoms with van der Waals surface area (Å²) < 4.78 is 28.8. The molecule has 0 heterocycles.